The number of anilines is 2. The summed E-state index contributed by atoms with van der Waals surface area (Å²) in [5, 5.41) is 0. The van der Waals surface area contributed by atoms with E-state index in [0.717, 1.165) is 43.8 Å². The zero-order chi connectivity index (χ0) is 39.3. The monoisotopic (exact) mass is 854 g/mol. The molecule has 1 aliphatic rings. The van der Waals surface area contributed by atoms with E-state index in [9.17, 15) is 0 Å². The fraction of sp³-hybridized carbons (Fsp3) is 0.370. The average molecular weight is 855 g/mol. The van der Waals surface area contributed by atoms with Gasteiger partial charge in [0.05, 0.1) is 0 Å². The quantitative estimate of drug-likeness (QED) is 0.0795. The van der Waals surface area contributed by atoms with Crippen LogP contribution in [0.5, 0.6) is 5.75 Å². The number of hydrogen-bond donors (Lipinski definition) is 0. The zero-order valence-corrected chi connectivity index (χ0v) is 37.3. The molecule has 54 heavy (non-hydrogen) atoms. The van der Waals surface area contributed by atoms with Gasteiger partial charge in [-0.25, -0.2) is 0 Å². The minimum Gasteiger partial charge on any atom is -0.502 e. The summed E-state index contributed by atoms with van der Waals surface area (Å²) in [6, 6.07) is 19.9. The van der Waals surface area contributed by atoms with E-state index in [0.29, 0.717) is 0 Å². The molecule has 5 aromatic rings. The molecule has 4 aromatic carbocycles. The third-order valence-electron chi connectivity index (χ3n) is 9.80. The van der Waals surface area contributed by atoms with Crippen molar-refractivity contribution in [2.45, 2.75) is 102 Å². The number of aryl methyl sites for hydroxylation is 11. The van der Waals surface area contributed by atoms with E-state index >= 15 is 0 Å². The van der Waals surface area contributed by atoms with Crippen LogP contribution >= 0.6 is 19.4 Å². The minimum absolute atomic E-state index is 0.116. The van der Waals surface area contributed by atoms with Crippen LogP contribution in [0.4, 0.5) is 11.4 Å². The molecular formula is C46H58Cl2N4ORu. The molecule has 0 N–H and O–H groups in total. The minimum atomic E-state index is -1.92. The predicted octanol–water partition coefficient (Wildman–Crippen LogP) is 11.2. The first-order valence-corrected chi connectivity index (χ1v) is 24.4. The molecule has 0 bridgehead atoms. The van der Waals surface area contributed by atoms with Gasteiger partial charge < -0.3 is 9.80 Å². The van der Waals surface area contributed by atoms with Crippen molar-refractivity contribution >= 4 is 35.4 Å². The van der Waals surface area contributed by atoms with Crippen molar-refractivity contribution in [2.75, 3.05) is 22.9 Å². The second-order valence-electron chi connectivity index (χ2n) is 15.3. The SMILES string of the molecule is Cc1cc(C)c(-n2cc[n+](CCCc3ccc(OC(C)C)c([CH]=[Ru]([Cl])[Cl])c3)c2)c(C)c1.Cc1cc(C)c(N2[CH-]N(c3c(C)cc(C)cc3C)CC2)c(C)c1. The van der Waals surface area contributed by atoms with Crippen molar-refractivity contribution in [3.63, 3.8) is 0 Å². The molecule has 1 fully saturated rings. The Labute approximate surface area is 338 Å². The van der Waals surface area contributed by atoms with Crippen molar-refractivity contribution < 1.29 is 22.8 Å². The van der Waals surface area contributed by atoms with Crippen LogP contribution in [0.15, 0.2) is 73.3 Å². The van der Waals surface area contributed by atoms with E-state index in [1.165, 1.54) is 72.7 Å². The number of imidazole rings is 1. The molecule has 2 heterocycles. The Hall–Kier alpha value is -3.44. The predicted molar refractivity (Wildman–Crippen MR) is 228 cm³/mol. The zero-order valence-electron chi connectivity index (χ0n) is 34.0. The normalized spacial score (nSPS) is 13.0. The third-order valence-corrected chi connectivity index (χ3v) is 11.6. The van der Waals surface area contributed by atoms with Gasteiger partial charge in [0.2, 0.25) is 0 Å². The molecule has 290 valence electrons. The molecular weight excluding hydrogens is 797 g/mol. The van der Waals surface area contributed by atoms with E-state index in [-0.39, 0.29) is 6.10 Å². The second kappa shape index (κ2) is 18.5. The first kappa shape index (κ1) is 41.7. The number of benzene rings is 4. The maximum absolute atomic E-state index is 6.13. The Bertz CT molecular complexity index is 2000. The summed E-state index contributed by atoms with van der Waals surface area (Å²) in [4.78, 5) is 4.81. The van der Waals surface area contributed by atoms with Gasteiger partial charge >= 0.3 is 161 Å². The van der Waals surface area contributed by atoms with Gasteiger partial charge in [0.15, 0.2) is 0 Å². The van der Waals surface area contributed by atoms with Crippen molar-refractivity contribution in [1.29, 1.82) is 0 Å². The van der Waals surface area contributed by atoms with Crippen molar-refractivity contribution in [2.24, 2.45) is 0 Å². The van der Waals surface area contributed by atoms with Gasteiger partial charge in [-0.2, -0.15) is 6.67 Å². The van der Waals surface area contributed by atoms with E-state index in [1.807, 2.05) is 24.5 Å². The number of hydrogen-bond acceptors (Lipinski definition) is 3. The molecule has 0 aliphatic carbocycles. The van der Waals surface area contributed by atoms with Crippen LogP contribution in [0.2, 0.25) is 0 Å². The van der Waals surface area contributed by atoms with Gasteiger partial charge in [-0.05, 0) is 84.6 Å². The van der Waals surface area contributed by atoms with Gasteiger partial charge in [-0.15, -0.1) is 0 Å². The second-order valence-corrected chi connectivity index (χ2v) is 21.0. The smallest absolute Gasteiger partial charge is 0.502 e. The molecule has 1 aliphatic heterocycles. The van der Waals surface area contributed by atoms with E-state index in [2.05, 4.69) is 155 Å². The molecule has 8 heteroatoms. The first-order valence-electron chi connectivity index (χ1n) is 18.9. The molecule has 0 atom stereocenters. The summed E-state index contributed by atoms with van der Waals surface area (Å²) in [5.74, 6) is 0.856. The molecule has 0 saturated carbocycles. The Morgan fingerprint density at radius 3 is 1.67 bits per heavy atom. The average Bonchev–Trinajstić information content (AvgIpc) is 3.71. The Morgan fingerprint density at radius 1 is 0.722 bits per heavy atom. The van der Waals surface area contributed by atoms with Crippen LogP contribution in [0.1, 0.15) is 81.5 Å². The molecule has 0 amide bonds. The summed E-state index contributed by atoms with van der Waals surface area (Å²) in [7, 11) is 12.3. The van der Waals surface area contributed by atoms with Crippen LogP contribution in [0, 0.1) is 69.0 Å². The van der Waals surface area contributed by atoms with Crippen LogP contribution < -0.4 is 19.1 Å². The molecule has 0 spiro atoms. The molecule has 0 unspecified atom stereocenters. The van der Waals surface area contributed by atoms with Crippen LogP contribution in [-0.2, 0) is 26.5 Å². The van der Waals surface area contributed by atoms with Gasteiger partial charge in [-0.1, -0.05) is 53.1 Å². The number of nitrogens with zero attached hydrogens (tertiary/aromatic N) is 4. The van der Waals surface area contributed by atoms with Gasteiger partial charge in [0.1, 0.15) is 0 Å². The third kappa shape index (κ3) is 10.7. The fourth-order valence-electron chi connectivity index (χ4n) is 8.07. The Balaban J connectivity index is 0.000000217. The van der Waals surface area contributed by atoms with Crippen LogP contribution in [0.3, 0.4) is 0 Å². The van der Waals surface area contributed by atoms with Crippen molar-refractivity contribution in [3.05, 3.63) is 141 Å². The Kier molecular flexibility index (Phi) is 14.3. The van der Waals surface area contributed by atoms with E-state index < -0.39 is 13.5 Å². The molecule has 1 aromatic heterocycles. The molecule has 1 saturated heterocycles. The summed E-state index contributed by atoms with van der Waals surface area (Å²) in [5.41, 5.74) is 18.3. The number of halogens is 2. The van der Waals surface area contributed by atoms with Crippen molar-refractivity contribution in [1.82, 2.24) is 4.57 Å². The van der Waals surface area contributed by atoms with Gasteiger partial charge in [0, 0.05) is 24.5 Å². The number of aromatic nitrogens is 2. The fourth-order valence-corrected chi connectivity index (χ4v) is 9.86. The van der Waals surface area contributed by atoms with E-state index in [1.54, 1.807) is 0 Å². The molecule has 0 radical (unpaired) electrons. The first-order chi connectivity index (χ1) is 25.6. The summed E-state index contributed by atoms with van der Waals surface area (Å²) in [6.07, 6.45) is 8.62. The van der Waals surface area contributed by atoms with Crippen LogP contribution in [0.25, 0.3) is 5.69 Å². The maximum atomic E-state index is 6.13. The van der Waals surface area contributed by atoms with E-state index in [4.69, 9.17) is 24.1 Å². The molecule has 6 rings (SSSR count). The van der Waals surface area contributed by atoms with Gasteiger partial charge in [-0.3, -0.25) is 0 Å². The number of rotatable bonds is 10. The Morgan fingerprint density at radius 2 is 1.20 bits per heavy atom. The number of ether oxygens (including phenoxy) is 1. The standard InChI is InChI=1S/C25H31N2O.C21H27N2.2ClH.Ru/c1-18(2)28-24-10-9-23(16-20(24)4)8-7-11-26-12-13-27(17-26)25-21(5)14-19(3)15-22(25)6;1-14-9-16(3)20(17(4)10-14)22-7-8-23(13-22)21-18(5)11-15(2)12-19(21)6;;;/h4,9-10,12-18H,7-8,11H2,1-3,5-6H3;9-13H,7-8H2,1-6H3;2*1H;/q+1;-1;;;+2/p-2. The topological polar surface area (TPSA) is 24.5 Å². The van der Waals surface area contributed by atoms with Crippen molar-refractivity contribution in [3.8, 4) is 11.4 Å². The summed E-state index contributed by atoms with van der Waals surface area (Å²) >= 11 is -1.92. The summed E-state index contributed by atoms with van der Waals surface area (Å²) < 4.78 is 12.4. The van der Waals surface area contributed by atoms with Crippen LogP contribution in [-0.4, -0.2) is 28.4 Å². The van der Waals surface area contributed by atoms with Gasteiger partial charge in [0.25, 0.3) is 0 Å². The molecule has 5 nitrogen and oxygen atoms in total. The summed E-state index contributed by atoms with van der Waals surface area (Å²) in [6.45, 7) is 29.1.